The molecule has 11 heteroatoms. The molecule has 0 saturated carbocycles. The third kappa shape index (κ3) is 4.36. The number of hydrogen-bond donors (Lipinski definition) is 1. The summed E-state index contributed by atoms with van der Waals surface area (Å²) in [6.07, 6.45) is 6.78. The number of aromatic nitrogens is 3. The smallest absolute Gasteiger partial charge is 0.250 e. The van der Waals surface area contributed by atoms with Crippen LogP contribution in [0.5, 0.6) is 0 Å². The largest absolute Gasteiger partial charge is 0.394 e. The van der Waals surface area contributed by atoms with E-state index in [-0.39, 0.29) is 43.5 Å². The molecular formula is C33H36N6O5. The molecular weight excluding hydrogens is 560 g/mol. The Hall–Kier alpha value is -4.35. The number of benzene rings is 2. The van der Waals surface area contributed by atoms with Crippen LogP contribution in [0.25, 0.3) is 11.0 Å². The van der Waals surface area contributed by atoms with Crippen molar-refractivity contribution < 1.29 is 24.2 Å². The second-order valence-corrected chi connectivity index (χ2v) is 12.4. The van der Waals surface area contributed by atoms with E-state index >= 15 is 0 Å². The van der Waals surface area contributed by atoms with Crippen molar-refractivity contribution in [1.82, 2.24) is 29.7 Å². The zero-order valence-corrected chi connectivity index (χ0v) is 24.8. The van der Waals surface area contributed by atoms with Crippen LogP contribution in [0.4, 0.5) is 0 Å². The summed E-state index contributed by atoms with van der Waals surface area (Å²) in [6, 6.07) is 15.6. The Morgan fingerprint density at radius 1 is 0.955 bits per heavy atom. The molecule has 11 nitrogen and oxygen atoms in total. The number of para-hydroxylation sites is 1. The summed E-state index contributed by atoms with van der Waals surface area (Å²) in [5.41, 5.74) is 1.11. The quantitative estimate of drug-likeness (QED) is 0.414. The maximum absolute atomic E-state index is 14.6. The van der Waals surface area contributed by atoms with Gasteiger partial charge in [-0.25, -0.2) is 4.68 Å². The molecule has 4 aliphatic rings. The molecule has 0 radical (unpaired) electrons. The predicted octanol–water partition coefficient (Wildman–Crippen LogP) is 1.98. The molecule has 2 aromatic carbocycles. The van der Waals surface area contributed by atoms with Crippen molar-refractivity contribution in [1.29, 1.82) is 0 Å². The fourth-order valence-electron chi connectivity index (χ4n) is 7.41. The van der Waals surface area contributed by atoms with Crippen LogP contribution < -0.4 is 0 Å². The van der Waals surface area contributed by atoms with Gasteiger partial charge in [-0.05, 0) is 23.6 Å². The van der Waals surface area contributed by atoms with Gasteiger partial charge in [0.05, 0.1) is 36.1 Å². The lowest BCUT2D eigenvalue weighted by molar-refractivity contribution is -0.153. The minimum absolute atomic E-state index is 0.116. The Morgan fingerprint density at radius 2 is 1.70 bits per heavy atom. The summed E-state index contributed by atoms with van der Waals surface area (Å²) in [6.45, 7) is 4.67. The number of ether oxygens (including phenoxy) is 1. The van der Waals surface area contributed by atoms with E-state index in [2.05, 4.69) is 10.3 Å². The Morgan fingerprint density at radius 3 is 2.48 bits per heavy atom. The van der Waals surface area contributed by atoms with Crippen molar-refractivity contribution in [2.45, 2.75) is 50.8 Å². The first kappa shape index (κ1) is 28.4. The number of carbonyl (C=O) groups is 3. The molecule has 1 unspecified atom stereocenters. The number of aliphatic hydroxyl groups is 1. The zero-order chi connectivity index (χ0) is 30.6. The third-order valence-corrected chi connectivity index (χ3v) is 9.52. The van der Waals surface area contributed by atoms with Crippen molar-refractivity contribution in [3.8, 4) is 0 Å². The zero-order valence-electron chi connectivity index (χ0n) is 24.8. The van der Waals surface area contributed by atoms with Gasteiger partial charge in [0.15, 0.2) is 0 Å². The van der Waals surface area contributed by atoms with E-state index < -0.39 is 35.6 Å². The molecule has 2 fully saturated rings. The highest BCUT2D eigenvalue weighted by Crippen LogP contribution is 2.54. The average molecular weight is 597 g/mol. The molecule has 7 rings (SSSR count). The first-order valence-corrected chi connectivity index (χ1v) is 15.2. The van der Waals surface area contributed by atoms with Crippen LogP contribution in [0.2, 0.25) is 0 Å². The Bertz CT molecular complexity index is 1650. The lowest BCUT2D eigenvalue weighted by Gasteiger charge is -2.39. The van der Waals surface area contributed by atoms with Gasteiger partial charge in [-0.15, -0.1) is 5.10 Å². The van der Waals surface area contributed by atoms with Crippen molar-refractivity contribution in [2.75, 3.05) is 19.7 Å². The fourth-order valence-corrected chi connectivity index (χ4v) is 7.41. The number of nitrogens with zero attached hydrogens (tertiary/aromatic N) is 6. The molecule has 3 aromatic rings. The number of amides is 3. The van der Waals surface area contributed by atoms with E-state index in [1.54, 1.807) is 14.5 Å². The maximum atomic E-state index is 14.6. The standard InChI is InChI=1S/C33H36N6O5/c1-21(2)25(19-40)39-29-32(43)37(20-38-24-13-7-6-12-23(24)34-35-38)17-9-15-33(29)28(31(39)42)27-26(44-33)14-8-16-36(30(27)41)18-22-10-4-3-5-11-22/h3-15,21,25-29,40H,16-20H2,1-2H3/t25-,26-,27+,28-,29?,33-/m0/s1. The van der Waals surface area contributed by atoms with Crippen LogP contribution in [-0.4, -0.2) is 96.0 Å². The molecule has 6 atom stereocenters. The topological polar surface area (TPSA) is 121 Å². The monoisotopic (exact) mass is 596 g/mol. The fraction of sp³-hybridized carbons (Fsp3) is 0.424. The summed E-state index contributed by atoms with van der Waals surface area (Å²) in [5, 5.41) is 19.0. The number of rotatable bonds is 7. The van der Waals surface area contributed by atoms with Gasteiger partial charge in [-0.3, -0.25) is 14.4 Å². The molecule has 2 saturated heterocycles. The van der Waals surface area contributed by atoms with Crippen LogP contribution in [0, 0.1) is 17.8 Å². The average Bonchev–Trinajstić information content (AvgIpc) is 3.58. The SMILES string of the molecule is CC(C)[C@H](CO)N1C(=O)[C@@H]2[C@@H]3C(=O)N(Cc4ccccc4)CC=C[C@@H]3O[C@@]23C=CCN(Cn2nnc4ccccc42)C(=O)C13. The molecule has 5 heterocycles. The van der Waals surface area contributed by atoms with Crippen molar-refractivity contribution in [2.24, 2.45) is 17.8 Å². The second-order valence-electron chi connectivity index (χ2n) is 12.4. The summed E-state index contributed by atoms with van der Waals surface area (Å²) in [5.74, 6) is -2.73. The van der Waals surface area contributed by atoms with E-state index in [0.717, 1.165) is 11.1 Å². The highest BCUT2D eigenvalue weighted by Gasteiger charge is 2.72. The van der Waals surface area contributed by atoms with Gasteiger partial charge in [-0.1, -0.05) is 85.8 Å². The number of hydrogen-bond acceptors (Lipinski definition) is 7. The van der Waals surface area contributed by atoms with Gasteiger partial charge in [-0.2, -0.15) is 0 Å². The molecule has 0 aliphatic carbocycles. The van der Waals surface area contributed by atoms with Crippen molar-refractivity contribution in [3.05, 3.63) is 84.5 Å². The van der Waals surface area contributed by atoms with Gasteiger partial charge in [0.1, 0.15) is 23.8 Å². The summed E-state index contributed by atoms with van der Waals surface area (Å²) in [4.78, 5) is 48.4. The van der Waals surface area contributed by atoms with Gasteiger partial charge < -0.3 is 24.5 Å². The Kier molecular flexibility index (Phi) is 7.09. The molecule has 3 amide bonds. The lowest BCUT2D eigenvalue weighted by atomic mass is 9.77. The first-order valence-electron chi connectivity index (χ1n) is 15.2. The van der Waals surface area contributed by atoms with Crippen LogP contribution in [0.15, 0.2) is 78.9 Å². The second kappa shape index (κ2) is 11.0. The Labute approximate surface area is 255 Å². The normalized spacial score (nSPS) is 28.8. The van der Waals surface area contributed by atoms with E-state index in [1.807, 2.05) is 92.7 Å². The summed E-state index contributed by atoms with van der Waals surface area (Å²) < 4.78 is 8.43. The van der Waals surface area contributed by atoms with E-state index in [0.29, 0.717) is 18.6 Å². The first-order chi connectivity index (χ1) is 21.3. The van der Waals surface area contributed by atoms with Gasteiger partial charge in [0, 0.05) is 19.6 Å². The highest BCUT2D eigenvalue weighted by atomic mass is 16.5. The van der Waals surface area contributed by atoms with Crippen molar-refractivity contribution >= 4 is 28.8 Å². The van der Waals surface area contributed by atoms with Gasteiger partial charge in [0.25, 0.3) is 5.91 Å². The summed E-state index contributed by atoms with van der Waals surface area (Å²) in [7, 11) is 0. The molecule has 1 aromatic heterocycles. The molecule has 4 aliphatic heterocycles. The van der Waals surface area contributed by atoms with Crippen LogP contribution in [0.3, 0.4) is 0 Å². The molecule has 1 spiro atoms. The number of aliphatic hydroxyl groups excluding tert-OH is 1. The summed E-state index contributed by atoms with van der Waals surface area (Å²) >= 11 is 0. The number of fused-ring (bicyclic) bond motifs is 3. The minimum Gasteiger partial charge on any atom is -0.394 e. The molecule has 44 heavy (non-hydrogen) atoms. The molecule has 0 bridgehead atoms. The van der Waals surface area contributed by atoms with Gasteiger partial charge >= 0.3 is 0 Å². The number of carbonyl (C=O) groups excluding carboxylic acids is 3. The Balaban J connectivity index is 1.28. The molecule has 228 valence electrons. The highest BCUT2D eigenvalue weighted by molar-refractivity contribution is 6.00. The van der Waals surface area contributed by atoms with E-state index in [9.17, 15) is 19.5 Å². The van der Waals surface area contributed by atoms with E-state index in [4.69, 9.17) is 4.74 Å². The third-order valence-electron chi connectivity index (χ3n) is 9.52. The maximum Gasteiger partial charge on any atom is 0.250 e. The minimum atomic E-state index is -1.37. The lowest BCUT2D eigenvalue weighted by Crippen LogP contribution is -2.59. The van der Waals surface area contributed by atoms with Crippen LogP contribution in [0.1, 0.15) is 19.4 Å². The van der Waals surface area contributed by atoms with Crippen LogP contribution in [-0.2, 0) is 32.3 Å². The van der Waals surface area contributed by atoms with E-state index in [1.165, 1.54) is 4.90 Å². The molecule has 1 N–H and O–H groups in total. The number of likely N-dealkylation sites (tertiary alicyclic amines) is 1. The van der Waals surface area contributed by atoms with Crippen LogP contribution >= 0.6 is 0 Å². The van der Waals surface area contributed by atoms with Crippen molar-refractivity contribution in [3.63, 3.8) is 0 Å². The van der Waals surface area contributed by atoms with Gasteiger partial charge in [0.2, 0.25) is 11.8 Å². The predicted molar refractivity (Wildman–Crippen MR) is 160 cm³/mol.